The minimum Gasteiger partial charge on any atom is -0.468 e. The highest BCUT2D eigenvalue weighted by Gasteiger charge is 2.29. The van der Waals surface area contributed by atoms with Gasteiger partial charge in [0.2, 0.25) is 10.0 Å². The van der Waals surface area contributed by atoms with E-state index in [1.165, 1.54) is 22.9 Å². The smallest absolute Gasteiger partial charge is 0.251 e. The molecule has 8 heteroatoms. The van der Waals surface area contributed by atoms with Crippen molar-refractivity contribution in [3.05, 3.63) is 54.0 Å². The van der Waals surface area contributed by atoms with E-state index >= 15 is 0 Å². The Morgan fingerprint density at radius 3 is 2.41 bits per heavy atom. The Morgan fingerprint density at radius 1 is 1.09 bits per heavy atom. The third-order valence-electron chi connectivity index (χ3n) is 6.79. The van der Waals surface area contributed by atoms with Gasteiger partial charge in [0.05, 0.1) is 17.2 Å². The van der Waals surface area contributed by atoms with Gasteiger partial charge in [-0.15, -0.1) is 0 Å². The fourth-order valence-electron chi connectivity index (χ4n) is 4.82. The van der Waals surface area contributed by atoms with E-state index in [1.54, 1.807) is 25.4 Å². The maximum Gasteiger partial charge on any atom is 0.251 e. The molecule has 32 heavy (non-hydrogen) atoms. The number of nitrogens with one attached hydrogen (secondary N) is 1. The van der Waals surface area contributed by atoms with E-state index in [1.807, 2.05) is 12.1 Å². The van der Waals surface area contributed by atoms with Crippen molar-refractivity contribution in [2.75, 3.05) is 26.7 Å². The summed E-state index contributed by atoms with van der Waals surface area (Å²) in [5.41, 5.74) is 0.448. The standard InChI is InChI=1S/C24H33N3O4S/c1-26(20-8-3-2-4-9-20)32(29,30)21-13-11-19(12-14-21)24(28)25-18-22(23-10-7-17-31-23)27-15-5-6-16-27/h7,10-14,17,20,22H,2-6,8-9,15-16,18H2,1H3,(H,25,28)/t22-/m1/s1. The first-order chi connectivity index (χ1) is 15.5. The van der Waals surface area contributed by atoms with Crippen LogP contribution in [-0.2, 0) is 10.0 Å². The Bertz CT molecular complexity index is 977. The lowest BCUT2D eigenvalue weighted by Gasteiger charge is -2.30. The van der Waals surface area contributed by atoms with Crippen molar-refractivity contribution in [1.29, 1.82) is 0 Å². The van der Waals surface area contributed by atoms with Crippen molar-refractivity contribution < 1.29 is 17.6 Å². The highest BCUT2D eigenvalue weighted by molar-refractivity contribution is 7.89. The lowest BCUT2D eigenvalue weighted by Crippen LogP contribution is -2.38. The quantitative estimate of drug-likeness (QED) is 0.649. The van der Waals surface area contributed by atoms with E-state index < -0.39 is 10.0 Å². The Hall–Kier alpha value is -2.16. The lowest BCUT2D eigenvalue weighted by atomic mass is 9.96. The van der Waals surface area contributed by atoms with Gasteiger partial charge in [0, 0.05) is 25.2 Å². The minimum atomic E-state index is -3.56. The summed E-state index contributed by atoms with van der Waals surface area (Å²) < 4.78 is 33.1. The molecule has 0 spiro atoms. The van der Waals surface area contributed by atoms with Crippen LogP contribution in [0.2, 0.25) is 0 Å². The van der Waals surface area contributed by atoms with E-state index in [0.717, 1.165) is 57.4 Å². The number of sulfonamides is 1. The molecule has 1 aliphatic carbocycles. The molecule has 0 bridgehead atoms. The largest absolute Gasteiger partial charge is 0.468 e. The van der Waals surface area contributed by atoms with Crippen molar-refractivity contribution in [3.63, 3.8) is 0 Å². The molecule has 2 aliphatic rings. The van der Waals surface area contributed by atoms with Gasteiger partial charge < -0.3 is 9.73 Å². The summed E-state index contributed by atoms with van der Waals surface area (Å²) in [4.78, 5) is 15.3. The zero-order valence-corrected chi connectivity index (χ0v) is 19.5. The molecule has 174 valence electrons. The summed E-state index contributed by atoms with van der Waals surface area (Å²) in [5, 5.41) is 3.00. The summed E-state index contributed by atoms with van der Waals surface area (Å²) in [6.45, 7) is 2.42. The second kappa shape index (κ2) is 10.2. The lowest BCUT2D eigenvalue weighted by molar-refractivity contribution is 0.0933. The first-order valence-electron chi connectivity index (χ1n) is 11.6. The molecule has 1 amide bonds. The molecule has 1 aromatic carbocycles. The van der Waals surface area contributed by atoms with Gasteiger partial charge in [-0.25, -0.2) is 8.42 Å². The highest BCUT2D eigenvalue weighted by Crippen LogP contribution is 2.27. The van der Waals surface area contributed by atoms with Gasteiger partial charge in [-0.2, -0.15) is 4.31 Å². The monoisotopic (exact) mass is 459 g/mol. The summed E-state index contributed by atoms with van der Waals surface area (Å²) in [5.74, 6) is 0.629. The number of furan rings is 1. The molecule has 0 unspecified atom stereocenters. The van der Waals surface area contributed by atoms with Gasteiger partial charge in [0.1, 0.15) is 5.76 Å². The Balaban J connectivity index is 1.40. The fourth-order valence-corrected chi connectivity index (χ4v) is 6.24. The zero-order chi connectivity index (χ0) is 22.6. The maximum absolute atomic E-state index is 13.0. The van der Waals surface area contributed by atoms with Gasteiger partial charge in [0.15, 0.2) is 0 Å². The molecule has 2 aromatic rings. The van der Waals surface area contributed by atoms with Gasteiger partial charge in [-0.05, 0) is 75.2 Å². The van der Waals surface area contributed by atoms with Gasteiger partial charge in [0.25, 0.3) is 5.91 Å². The molecular weight excluding hydrogens is 426 g/mol. The number of amides is 1. The molecule has 1 aliphatic heterocycles. The van der Waals surface area contributed by atoms with Gasteiger partial charge in [-0.3, -0.25) is 9.69 Å². The van der Waals surface area contributed by atoms with Crippen molar-refractivity contribution in [1.82, 2.24) is 14.5 Å². The molecule has 0 radical (unpaired) electrons. The highest BCUT2D eigenvalue weighted by atomic mass is 32.2. The molecule has 4 rings (SSSR count). The van der Waals surface area contributed by atoms with Crippen LogP contribution in [0.5, 0.6) is 0 Å². The number of hydrogen-bond acceptors (Lipinski definition) is 5. The summed E-state index contributed by atoms with van der Waals surface area (Å²) in [6.07, 6.45) is 9.08. The molecule has 7 nitrogen and oxygen atoms in total. The number of likely N-dealkylation sites (tertiary alicyclic amines) is 1. The minimum absolute atomic E-state index is 0.000226. The third-order valence-corrected chi connectivity index (χ3v) is 8.72. The molecule has 1 saturated carbocycles. The number of benzene rings is 1. The number of rotatable bonds is 8. The number of nitrogens with zero attached hydrogens (tertiary/aromatic N) is 2. The van der Waals surface area contributed by atoms with Crippen LogP contribution in [0.25, 0.3) is 0 Å². The molecule has 2 fully saturated rings. The van der Waals surface area contributed by atoms with Crippen molar-refractivity contribution >= 4 is 15.9 Å². The summed E-state index contributed by atoms with van der Waals surface area (Å²) >= 11 is 0. The first kappa shape index (κ1) is 23.0. The predicted molar refractivity (Wildman–Crippen MR) is 123 cm³/mol. The molecule has 1 atom stereocenters. The molecule has 1 aromatic heterocycles. The van der Waals surface area contributed by atoms with Crippen LogP contribution >= 0.6 is 0 Å². The van der Waals surface area contributed by atoms with Crippen LogP contribution in [0.4, 0.5) is 0 Å². The zero-order valence-electron chi connectivity index (χ0n) is 18.7. The SMILES string of the molecule is CN(C1CCCCC1)S(=O)(=O)c1ccc(C(=O)NC[C@H](c2ccco2)N2CCCC2)cc1. The van der Waals surface area contributed by atoms with Crippen molar-refractivity contribution in [3.8, 4) is 0 Å². The second-order valence-electron chi connectivity index (χ2n) is 8.82. The van der Waals surface area contributed by atoms with E-state index in [0.29, 0.717) is 12.1 Å². The van der Waals surface area contributed by atoms with Crippen LogP contribution in [0.15, 0.2) is 52.0 Å². The predicted octanol–water partition coefficient (Wildman–Crippen LogP) is 3.80. The molecular formula is C24H33N3O4S. The fraction of sp³-hybridized carbons (Fsp3) is 0.542. The Kier molecular flexibility index (Phi) is 7.33. The molecule has 1 N–H and O–H groups in total. The van der Waals surface area contributed by atoms with E-state index in [4.69, 9.17) is 4.42 Å². The van der Waals surface area contributed by atoms with Crippen LogP contribution < -0.4 is 5.32 Å². The average molecular weight is 460 g/mol. The summed E-state index contributed by atoms with van der Waals surface area (Å²) in [7, 11) is -1.90. The Labute approximate surface area is 190 Å². The average Bonchev–Trinajstić information content (AvgIpc) is 3.54. The summed E-state index contributed by atoms with van der Waals surface area (Å²) in [6, 6.07) is 10.1. The van der Waals surface area contributed by atoms with E-state index in [9.17, 15) is 13.2 Å². The second-order valence-corrected chi connectivity index (χ2v) is 10.8. The van der Waals surface area contributed by atoms with Crippen molar-refractivity contribution in [2.24, 2.45) is 0 Å². The first-order valence-corrected chi connectivity index (χ1v) is 13.0. The van der Waals surface area contributed by atoms with E-state index in [-0.39, 0.29) is 22.9 Å². The van der Waals surface area contributed by atoms with Crippen LogP contribution in [0.3, 0.4) is 0 Å². The van der Waals surface area contributed by atoms with Crippen LogP contribution in [-0.4, -0.2) is 56.3 Å². The normalized spacial score (nSPS) is 19.3. The third kappa shape index (κ3) is 5.08. The van der Waals surface area contributed by atoms with Gasteiger partial charge in [-0.1, -0.05) is 19.3 Å². The molecule has 2 heterocycles. The Morgan fingerprint density at radius 2 is 1.78 bits per heavy atom. The van der Waals surface area contributed by atoms with Crippen molar-refractivity contribution in [2.45, 2.75) is 61.9 Å². The molecule has 1 saturated heterocycles. The maximum atomic E-state index is 13.0. The van der Waals surface area contributed by atoms with Gasteiger partial charge >= 0.3 is 0 Å². The van der Waals surface area contributed by atoms with Crippen LogP contribution in [0, 0.1) is 0 Å². The number of carbonyl (C=O) groups is 1. The topological polar surface area (TPSA) is 82.9 Å². The van der Waals surface area contributed by atoms with E-state index in [2.05, 4.69) is 10.2 Å². The van der Waals surface area contributed by atoms with Crippen LogP contribution in [0.1, 0.15) is 67.1 Å². The number of carbonyl (C=O) groups excluding carboxylic acids is 1. The number of hydrogen-bond donors (Lipinski definition) is 1.